The molecule has 0 fully saturated rings. The van der Waals surface area contributed by atoms with Crippen molar-refractivity contribution in [2.75, 3.05) is 13.7 Å². The van der Waals surface area contributed by atoms with Crippen LogP contribution in [-0.4, -0.2) is 29.5 Å². The first kappa shape index (κ1) is 18.7. The number of para-hydroxylation sites is 1. The maximum Gasteiger partial charge on any atom is 0.255 e. The summed E-state index contributed by atoms with van der Waals surface area (Å²) in [5.41, 5.74) is 8.13. The van der Waals surface area contributed by atoms with Crippen LogP contribution in [0.25, 0.3) is 11.3 Å². The minimum atomic E-state index is -0.261. The summed E-state index contributed by atoms with van der Waals surface area (Å²) in [7, 11) is 1.55. The van der Waals surface area contributed by atoms with Crippen LogP contribution in [0.15, 0.2) is 60.8 Å². The van der Waals surface area contributed by atoms with E-state index in [0.717, 1.165) is 17.7 Å². The number of carbonyl (C=O) groups excluding carboxylic acids is 1. The lowest BCUT2D eigenvalue weighted by molar-refractivity contribution is 0.0929. The summed E-state index contributed by atoms with van der Waals surface area (Å²) in [5, 5.41) is 3.06. The number of hydrogen-bond donors (Lipinski definition) is 3. The van der Waals surface area contributed by atoms with Crippen molar-refractivity contribution < 1.29 is 9.53 Å². The molecule has 6 nitrogen and oxygen atoms in total. The molecule has 0 aliphatic heterocycles. The van der Waals surface area contributed by atoms with Gasteiger partial charge in [0.25, 0.3) is 5.91 Å². The van der Waals surface area contributed by atoms with Gasteiger partial charge >= 0.3 is 0 Å². The monoisotopic (exact) mass is 364 g/mol. The highest BCUT2D eigenvalue weighted by atomic mass is 16.5. The first-order valence-corrected chi connectivity index (χ1v) is 8.97. The number of nitrogens with one attached hydrogen (secondary N) is 2. The van der Waals surface area contributed by atoms with Gasteiger partial charge in [-0.05, 0) is 37.1 Å². The molecule has 3 aromatic rings. The first-order chi connectivity index (χ1) is 13.2. The SMILES string of the molecule is COc1ccccc1C(=O)NC(CCCN)c1ncc(-c2ccccc2)[nH]1. The number of hydrogen-bond acceptors (Lipinski definition) is 4. The average Bonchev–Trinajstić information content (AvgIpc) is 3.21. The lowest BCUT2D eigenvalue weighted by Crippen LogP contribution is -2.30. The number of rotatable bonds is 8. The molecule has 4 N–H and O–H groups in total. The third kappa shape index (κ3) is 4.54. The Morgan fingerprint density at radius 2 is 1.93 bits per heavy atom. The van der Waals surface area contributed by atoms with Gasteiger partial charge in [-0.2, -0.15) is 0 Å². The van der Waals surface area contributed by atoms with E-state index in [4.69, 9.17) is 10.5 Å². The van der Waals surface area contributed by atoms with E-state index in [0.29, 0.717) is 30.1 Å². The second kappa shape index (κ2) is 9.00. The van der Waals surface area contributed by atoms with Crippen LogP contribution >= 0.6 is 0 Å². The number of nitrogens with zero attached hydrogens (tertiary/aromatic N) is 1. The second-order valence-corrected chi connectivity index (χ2v) is 6.21. The number of H-pyrrole nitrogens is 1. The van der Waals surface area contributed by atoms with Crippen LogP contribution in [0.5, 0.6) is 5.75 Å². The fraction of sp³-hybridized carbons (Fsp3) is 0.238. The van der Waals surface area contributed by atoms with Crippen molar-refractivity contribution in [1.29, 1.82) is 0 Å². The van der Waals surface area contributed by atoms with Crippen LogP contribution in [0.1, 0.15) is 35.1 Å². The number of aromatic amines is 1. The second-order valence-electron chi connectivity index (χ2n) is 6.21. The maximum absolute atomic E-state index is 12.8. The van der Waals surface area contributed by atoms with E-state index < -0.39 is 0 Å². The summed E-state index contributed by atoms with van der Waals surface area (Å²) in [4.78, 5) is 20.6. The van der Waals surface area contributed by atoms with Gasteiger partial charge in [0.2, 0.25) is 0 Å². The molecule has 1 aromatic heterocycles. The summed E-state index contributed by atoms with van der Waals surface area (Å²) in [6.07, 6.45) is 3.26. The van der Waals surface area contributed by atoms with Crippen molar-refractivity contribution in [2.45, 2.75) is 18.9 Å². The van der Waals surface area contributed by atoms with Gasteiger partial charge in [-0.3, -0.25) is 4.79 Å². The molecule has 0 radical (unpaired) electrons. The molecule has 0 bridgehead atoms. The Kier molecular flexibility index (Phi) is 6.22. The van der Waals surface area contributed by atoms with E-state index in [1.165, 1.54) is 0 Å². The van der Waals surface area contributed by atoms with Crippen molar-refractivity contribution in [2.24, 2.45) is 5.73 Å². The van der Waals surface area contributed by atoms with Gasteiger partial charge in [0.05, 0.1) is 30.6 Å². The van der Waals surface area contributed by atoms with Crippen molar-refractivity contribution in [1.82, 2.24) is 15.3 Å². The van der Waals surface area contributed by atoms with Gasteiger partial charge in [0.1, 0.15) is 11.6 Å². The van der Waals surface area contributed by atoms with Gasteiger partial charge in [0, 0.05) is 0 Å². The standard InChI is InChI=1S/C21H24N4O2/c1-27-19-12-6-5-10-16(19)21(26)25-17(11-7-13-22)20-23-14-18(24-20)15-8-3-2-4-9-15/h2-6,8-10,12,14,17H,7,11,13,22H2,1H3,(H,23,24)(H,25,26). The summed E-state index contributed by atoms with van der Waals surface area (Å²) in [6, 6.07) is 16.8. The Morgan fingerprint density at radius 3 is 2.67 bits per heavy atom. The van der Waals surface area contributed by atoms with Gasteiger partial charge in [0.15, 0.2) is 0 Å². The molecule has 3 rings (SSSR count). The van der Waals surface area contributed by atoms with Crippen LogP contribution in [0.3, 0.4) is 0 Å². The minimum Gasteiger partial charge on any atom is -0.496 e. The molecule has 6 heteroatoms. The summed E-state index contributed by atoms with van der Waals surface area (Å²) in [6.45, 7) is 0.549. The number of benzene rings is 2. The first-order valence-electron chi connectivity index (χ1n) is 8.97. The Bertz CT molecular complexity index is 877. The topological polar surface area (TPSA) is 93.0 Å². The maximum atomic E-state index is 12.8. The molecule has 0 spiro atoms. The van der Waals surface area contributed by atoms with Crippen LogP contribution in [0, 0.1) is 0 Å². The molecule has 1 unspecified atom stereocenters. The van der Waals surface area contributed by atoms with E-state index in [2.05, 4.69) is 15.3 Å². The van der Waals surface area contributed by atoms with Crippen LogP contribution < -0.4 is 15.8 Å². The van der Waals surface area contributed by atoms with Gasteiger partial charge in [-0.25, -0.2) is 4.98 Å². The van der Waals surface area contributed by atoms with Crippen molar-refractivity contribution >= 4 is 5.91 Å². The fourth-order valence-corrected chi connectivity index (χ4v) is 2.95. The molecule has 0 saturated carbocycles. The minimum absolute atomic E-state index is 0.202. The number of amides is 1. The zero-order valence-corrected chi connectivity index (χ0v) is 15.3. The highest BCUT2D eigenvalue weighted by molar-refractivity contribution is 5.97. The van der Waals surface area contributed by atoms with Crippen molar-refractivity contribution in [3.8, 4) is 17.0 Å². The molecule has 2 aromatic carbocycles. The van der Waals surface area contributed by atoms with Gasteiger partial charge < -0.3 is 20.8 Å². The zero-order chi connectivity index (χ0) is 19.1. The highest BCUT2D eigenvalue weighted by Gasteiger charge is 2.20. The molecular formula is C21H24N4O2. The number of aromatic nitrogens is 2. The number of carbonyl (C=O) groups is 1. The number of nitrogens with two attached hydrogens (primary N) is 1. The van der Waals surface area contributed by atoms with E-state index in [1.807, 2.05) is 42.5 Å². The number of ether oxygens (including phenoxy) is 1. The molecule has 0 aliphatic carbocycles. The molecule has 1 amide bonds. The average molecular weight is 364 g/mol. The van der Waals surface area contributed by atoms with Crippen LogP contribution in [0.2, 0.25) is 0 Å². The quantitative estimate of drug-likeness (QED) is 0.572. The molecule has 0 saturated heterocycles. The Hall–Kier alpha value is -3.12. The van der Waals surface area contributed by atoms with E-state index in [1.54, 1.807) is 25.4 Å². The predicted octanol–water partition coefficient (Wildman–Crippen LogP) is 3.30. The number of imidazole rings is 1. The largest absolute Gasteiger partial charge is 0.496 e. The molecule has 1 atom stereocenters. The normalized spacial score (nSPS) is 11.8. The molecular weight excluding hydrogens is 340 g/mol. The Balaban J connectivity index is 1.82. The summed E-state index contributed by atoms with van der Waals surface area (Å²) >= 11 is 0. The molecule has 0 aliphatic rings. The van der Waals surface area contributed by atoms with Crippen molar-refractivity contribution in [3.63, 3.8) is 0 Å². The van der Waals surface area contributed by atoms with Gasteiger partial charge in [-0.1, -0.05) is 42.5 Å². The van der Waals surface area contributed by atoms with Crippen molar-refractivity contribution in [3.05, 3.63) is 72.2 Å². The lowest BCUT2D eigenvalue weighted by Gasteiger charge is -2.17. The Labute approximate surface area is 158 Å². The Morgan fingerprint density at radius 1 is 1.19 bits per heavy atom. The zero-order valence-electron chi connectivity index (χ0n) is 15.3. The summed E-state index contributed by atoms with van der Waals surface area (Å²) in [5.74, 6) is 1.05. The van der Waals surface area contributed by atoms with E-state index in [9.17, 15) is 4.79 Å². The van der Waals surface area contributed by atoms with E-state index in [-0.39, 0.29) is 11.9 Å². The number of methoxy groups -OCH3 is 1. The summed E-state index contributed by atoms with van der Waals surface area (Å²) < 4.78 is 5.29. The van der Waals surface area contributed by atoms with E-state index >= 15 is 0 Å². The van der Waals surface area contributed by atoms with Crippen LogP contribution in [0.4, 0.5) is 0 Å². The molecule has 140 valence electrons. The van der Waals surface area contributed by atoms with Gasteiger partial charge in [-0.15, -0.1) is 0 Å². The highest BCUT2D eigenvalue weighted by Crippen LogP contribution is 2.23. The molecule has 1 heterocycles. The lowest BCUT2D eigenvalue weighted by atomic mass is 10.1. The predicted molar refractivity (Wildman–Crippen MR) is 106 cm³/mol. The molecule has 27 heavy (non-hydrogen) atoms. The fourth-order valence-electron chi connectivity index (χ4n) is 2.95. The smallest absolute Gasteiger partial charge is 0.255 e. The third-order valence-corrected chi connectivity index (χ3v) is 4.36. The third-order valence-electron chi connectivity index (χ3n) is 4.36. The van der Waals surface area contributed by atoms with Crippen LogP contribution in [-0.2, 0) is 0 Å².